The van der Waals surface area contributed by atoms with Gasteiger partial charge >= 0.3 is 0 Å². The molecule has 1 nitrogen and oxygen atoms in total. The molecular weight excluding hydrogens is 186 g/mol. The van der Waals surface area contributed by atoms with Crippen molar-refractivity contribution in [2.24, 2.45) is 11.7 Å². The zero-order valence-corrected chi connectivity index (χ0v) is 9.12. The molecule has 0 bridgehead atoms. The van der Waals surface area contributed by atoms with Gasteiger partial charge in [0.05, 0.1) is 4.21 Å². The monoisotopic (exact) mass is 201 g/mol. The summed E-state index contributed by atoms with van der Waals surface area (Å²) in [6.07, 6.45) is 0. The Morgan fingerprint density at radius 1 is 1.58 bits per heavy atom. The summed E-state index contributed by atoms with van der Waals surface area (Å²) in [4.78, 5) is 0. The highest BCUT2D eigenvalue weighted by molar-refractivity contribution is 8.01. The maximum atomic E-state index is 5.92. The van der Waals surface area contributed by atoms with Crippen LogP contribution in [0.3, 0.4) is 0 Å². The molecule has 2 N–H and O–H groups in total. The van der Waals surface area contributed by atoms with Crippen LogP contribution in [-0.2, 0) is 0 Å². The lowest BCUT2D eigenvalue weighted by atomic mass is 10.1. The molecule has 68 valence electrons. The minimum absolute atomic E-state index is 0.317. The molecule has 12 heavy (non-hydrogen) atoms. The zero-order chi connectivity index (χ0) is 8.97. The third-order valence-corrected chi connectivity index (χ3v) is 4.05. The first-order valence-corrected chi connectivity index (χ1v) is 5.98. The van der Waals surface area contributed by atoms with Gasteiger partial charge in [-0.3, -0.25) is 0 Å². The Morgan fingerprint density at radius 3 is 2.83 bits per heavy atom. The van der Waals surface area contributed by atoms with E-state index in [1.165, 1.54) is 4.21 Å². The minimum atomic E-state index is 0.317. The Balaban J connectivity index is 2.27. The summed E-state index contributed by atoms with van der Waals surface area (Å²) in [7, 11) is 0. The van der Waals surface area contributed by atoms with Gasteiger partial charge in [0.2, 0.25) is 0 Å². The van der Waals surface area contributed by atoms with Crippen molar-refractivity contribution in [3.05, 3.63) is 17.5 Å². The first kappa shape index (κ1) is 10.1. The Labute approximate surface area is 82.4 Å². The zero-order valence-electron chi connectivity index (χ0n) is 7.49. The van der Waals surface area contributed by atoms with Crippen LogP contribution in [0.25, 0.3) is 0 Å². The van der Waals surface area contributed by atoms with Gasteiger partial charge in [0.15, 0.2) is 0 Å². The number of thiophene rings is 1. The van der Waals surface area contributed by atoms with E-state index in [-0.39, 0.29) is 0 Å². The Bertz CT molecular complexity index is 206. The summed E-state index contributed by atoms with van der Waals surface area (Å²) in [6.45, 7) is 4.33. The van der Waals surface area contributed by atoms with E-state index in [1.54, 1.807) is 11.3 Å². The Kier molecular flexibility index (Phi) is 4.12. The van der Waals surface area contributed by atoms with Crippen molar-refractivity contribution in [3.8, 4) is 0 Å². The van der Waals surface area contributed by atoms with Crippen LogP contribution in [0, 0.1) is 5.92 Å². The lowest BCUT2D eigenvalue weighted by molar-refractivity contribution is 0.536. The van der Waals surface area contributed by atoms with Gasteiger partial charge in [-0.15, -0.1) is 23.1 Å². The van der Waals surface area contributed by atoms with E-state index in [1.807, 2.05) is 11.8 Å². The maximum Gasteiger partial charge on any atom is 0.0599 e. The molecule has 1 rings (SSSR count). The molecule has 1 aromatic heterocycles. The third-order valence-electron chi connectivity index (χ3n) is 1.77. The minimum Gasteiger partial charge on any atom is -0.327 e. The smallest absolute Gasteiger partial charge is 0.0599 e. The predicted molar refractivity (Wildman–Crippen MR) is 57.9 cm³/mol. The van der Waals surface area contributed by atoms with Crippen LogP contribution < -0.4 is 5.73 Å². The summed E-state index contributed by atoms with van der Waals surface area (Å²) in [5.74, 6) is 1.61. The fourth-order valence-electron chi connectivity index (χ4n) is 0.716. The second-order valence-corrected chi connectivity index (χ2v) is 5.42. The van der Waals surface area contributed by atoms with Crippen molar-refractivity contribution in [2.75, 3.05) is 5.75 Å². The van der Waals surface area contributed by atoms with Gasteiger partial charge in [0.1, 0.15) is 0 Å². The number of hydrogen-bond donors (Lipinski definition) is 1. The highest BCUT2D eigenvalue weighted by Crippen LogP contribution is 2.24. The van der Waals surface area contributed by atoms with E-state index in [0.717, 1.165) is 5.75 Å². The first-order chi connectivity index (χ1) is 5.70. The predicted octanol–water partition coefficient (Wildman–Crippen LogP) is 2.82. The standard InChI is InChI=1S/C9H15NS2/c1-7(2)8(10)6-12-9-4-3-5-11-9/h3-5,7-8H,6,10H2,1-2H3. The number of rotatable bonds is 4. The number of thioether (sulfide) groups is 1. The molecule has 0 radical (unpaired) electrons. The topological polar surface area (TPSA) is 26.0 Å². The normalized spacial score (nSPS) is 13.7. The van der Waals surface area contributed by atoms with Gasteiger partial charge in [-0.05, 0) is 17.4 Å². The maximum absolute atomic E-state index is 5.92. The van der Waals surface area contributed by atoms with Gasteiger partial charge in [-0.1, -0.05) is 19.9 Å². The summed E-state index contributed by atoms with van der Waals surface area (Å²) < 4.78 is 1.37. The molecular formula is C9H15NS2. The molecule has 0 fully saturated rings. The Hall–Kier alpha value is 0.01000. The molecule has 0 aliphatic heterocycles. The molecule has 0 saturated heterocycles. The largest absolute Gasteiger partial charge is 0.327 e. The lowest BCUT2D eigenvalue weighted by Crippen LogP contribution is -2.28. The van der Waals surface area contributed by atoms with Gasteiger partial charge < -0.3 is 5.73 Å². The molecule has 3 heteroatoms. The van der Waals surface area contributed by atoms with E-state index >= 15 is 0 Å². The number of hydrogen-bond acceptors (Lipinski definition) is 3. The molecule has 0 aliphatic carbocycles. The van der Waals surface area contributed by atoms with Crippen LogP contribution in [-0.4, -0.2) is 11.8 Å². The summed E-state index contributed by atoms with van der Waals surface area (Å²) in [5, 5.41) is 2.10. The second kappa shape index (κ2) is 4.90. The van der Waals surface area contributed by atoms with Crippen LogP contribution in [0.15, 0.2) is 21.7 Å². The molecule has 0 aliphatic rings. The van der Waals surface area contributed by atoms with E-state index in [4.69, 9.17) is 5.73 Å². The van der Waals surface area contributed by atoms with Crippen molar-refractivity contribution < 1.29 is 0 Å². The van der Waals surface area contributed by atoms with Crippen molar-refractivity contribution in [1.29, 1.82) is 0 Å². The first-order valence-electron chi connectivity index (χ1n) is 4.12. The SMILES string of the molecule is CC(C)C(N)CSc1cccs1. The van der Waals surface area contributed by atoms with E-state index in [9.17, 15) is 0 Å². The summed E-state index contributed by atoms with van der Waals surface area (Å²) in [6, 6.07) is 4.54. The van der Waals surface area contributed by atoms with Crippen molar-refractivity contribution in [3.63, 3.8) is 0 Å². The van der Waals surface area contributed by atoms with E-state index in [2.05, 4.69) is 31.4 Å². The van der Waals surface area contributed by atoms with Crippen molar-refractivity contribution in [1.82, 2.24) is 0 Å². The molecule has 1 unspecified atom stereocenters. The van der Waals surface area contributed by atoms with Crippen molar-refractivity contribution >= 4 is 23.1 Å². The van der Waals surface area contributed by atoms with Crippen LogP contribution in [0.1, 0.15) is 13.8 Å². The van der Waals surface area contributed by atoms with E-state index < -0.39 is 0 Å². The lowest BCUT2D eigenvalue weighted by Gasteiger charge is -2.13. The van der Waals surface area contributed by atoms with Gasteiger partial charge in [-0.25, -0.2) is 0 Å². The molecule has 0 saturated carbocycles. The summed E-state index contributed by atoms with van der Waals surface area (Å²) >= 11 is 3.64. The average Bonchev–Trinajstić information content (AvgIpc) is 2.51. The molecule has 0 amide bonds. The molecule has 0 spiro atoms. The van der Waals surface area contributed by atoms with Gasteiger partial charge in [-0.2, -0.15) is 0 Å². The molecule has 1 heterocycles. The van der Waals surface area contributed by atoms with Crippen LogP contribution in [0.4, 0.5) is 0 Å². The van der Waals surface area contributed by atoms with Crippen LogP contribution in [0.5, 0.6) is 0 Å². The highest BCUT2D eigenvalue weighted by Gasteiger charge is 2.07. The average molecular weight is 201 g/mol. The third kappa shape index (κ3) is 3.17. The van der Waals surface area contributed by atoms with Crippen LogP contribution >= 0.6 is 23.1 Å². The second-order valence-electron chi connectivity index (χ2n) is 3.15. The van der Waals surface area contributed by atoms with E-state index in [0.29, 0.717) is 12.0 Å². The Morgan fingerprint density at radius 2 is 2.33 bits per heavy atom. The quantitative estimate of drug-likeness (QED) is 0.758. The summed E-state index contributed by atoms with van der Waals surface area (Å²) in [5.41, 5.74) is 5.92. The number of nitrogens with two attached hydrogens (primary N) is 1. The molecule has 1 aromatic rings. The van der Waals surface area contributed by atoms with Gasteiger partial charge in [0, 0.05) is 11.8 Å². The van der Waals surface area contributed by atoms with Crippen molar-refractivity contribution in [2.45, 2.75) is 24.1 Å². The fraction of sp³-hybridized carbons (Fsp3) is 0.556. The van der Waals surface area contributed by atoms with Gasteiger partial charge in [0.25, 0.3) is 0 Å². The highest BCUT2D eigenvalue weighted by atomic mass is 32.2. The molecule has 0 aromatic carbocycles. The fourth-order valence-corrected chi connectivity index (χ4v) is 2.72. The van der Waals surface area contributed by atoms with Crippen LogP contribution in [0.2, 0.25) is 0 Å². The molecule has 1 atom stereocenters.